The highest BCUT2D eigenvalue weighted by molar-refractivity contribution is 6.09. The molecule has 0 bridgehead atoms. The van der Waals surface area contributed by atoms with Crippen LogP contribution in [0.25, 0.3) is 6.08 Å². The lowest BCUT2D eigenvalue weighted by atomic mass is 10.1. The Morgan fingerprint density at radius 2 is 1.66 bits per heavy atom. The van der Waals surface area contributed by atoms with Crippen molar-refractivity contribution in [2.24, 2.45) is 0 Å². The van der Waals surface area contributed by atoms with Gasteiger partial charge in [-0.2, -0.15) is 5.26 Å². The Hall–Kier alpha value is -3.79. The highest BCUT2D eigenvalue weighted by Crippen LogP contribution is 2.30. The van der Waals surface area contributed by atoms with E-state index in [-0.39, 0.29) is 5.57 Å². The number of rotatable bonds is 14. The highest BCUT2D eigenvalue weighted by atomic mass is 16.5. The number of amides is 1. The first-order chi connectivity index (χ1) is 17.0. The van der Waals surface area contributed by atoms with Crippen molar-refractivity contribution in [3.05, 3.63) is 59.2 Å². The summed E-state index contributed by atoms with van der Waals surface area (Å²) in [6.45, 7) is 5.17. The topological polar surface area (TPSA) is 97.7 Å². The second-order valence-corrected chi connectivity index (χ2v) is 7.95. The molecular formula is C28H34N2O5. The third kappa shape index (κ3) is 9.17. The van der Waals surface area contributed by atoms with Gasteiger partial charge >= 0.3 is 5.97 Å². The lowest BCUT2D eigenvalue weighted by molar-refractivity contribution is -0.112. The van der Waals surface area contributed by atoms with E-state index >= 15 is 0 Å². The van der Waals surface area contributed by atoms with E-state index in [1.54, 1.807) is 30.3 Å². The van der Waals surface area contributed by atoms with Gasteiger partial charge in [0.05, 0.1) is 25.9 Å². The Balaban J connectivity index is 2.04. The highest BCUT2D eigenvalue weighted by Gasteiger charge is 2.12. The molecule has 0 aliphatic carbocycles. The molecule has 0 fully saturated rings. The summed E-state index contributed by atoms with van der Waals surface area (Å²) in [7, 11) is 1.30. The van der Waals surface area contributed by atoms with E-state index in [1.165, 1.54) is 51.0 Å². The minimum atomic E-state index is -0.556. The Morgan fingerprint density at radius 3 is 2.31 bits per heavy atom. The molecule has 0 heterocycles. The van der Waals surface area contributed by atoms with Gasteiger partial charge in [0.1, 0.15) is 11.6 Å². The number of nitrogens with one attached hydrogen (secondary N) is 1. The summed E-state index contributed by atoms with van der Waals surface area (Å²) in [5, 5.41) is 12.2. The molecule has 2 rings (SSSR count). The van der Waals surface area contributed by atoms with Crippen LogP contribution in [0, 0.1) is 11.3 Å². The number of hydrogen-bond acceptors (Lipinski definition) is 6. The van der Waals surface area contributed by atoms with Crippen LogP contribution in [0.15, 0.2) is 48.0 Å². The summed E-state index contributed by atoms with van der Waals surface area (Å²) in [5.41, 5.74) is 1.40. The van der Waals surface area contributed by atoms with Gasteiger partial charge in [0, 0.05) is 5.69 Å². The maximum atomic E-state index is 12.6. The minimum absolute atomic E-state index is 0.0646. The molecule has 0 atom stereocenters. The molecule has 0 spiro atoms. The van der Waals surface area contributed by atoms with Crippen LogP contribution in [-0.2, 0) is 9.53 Å². The number of methoxy groups -OCH3 is 1. The molecule has 0 saturated heterocycles. The second-order valence-electron chi connectivity index (χ2n) is 7.95. The molecule has 2 aromatic carbocycles. The number of unbranched alkanes of at least 4 members (excludes halogenated alkanes) is 5. The molecule has 7 heteroatoms. The molecule has 0 aromatic heterocycles. The van der Waals surface area contributed by atoms with Gasteiger partial charge in [0.2, 0.25) is 0 Å². The average molecular weight is 479 g/mol. The number of ether oxygens (including phenoxy) is 3. The zero-order chi connectivity index (χ0) is 25.5. The van der Waals surface area contributed by atoms with Crippen molar-refractivity contribution in [3.8, 4) is 17.6 Å². The largest absolute Gasteiger partial charge is 0.490 e. The molecule has 1 amide bonds. The zero-order valence-electron chi connectivity index (χ0n) is 20.8. The van der Waals surface area contributed by atoms with Crippen molar-refractivity contribution in [2.45, 2.75) is 52.4 Å². The molecular weight excluding hydrogens is 444 g/mol. The van der Waals surface area contributed by atoms with Crippen molar-refractivity contribution in [3.63, 3.8) is 0 Å². The molecule has 7 nitrogen and oxygen atoms in total. The van der Waals surface area contributed by atoms with Crippen molar-refractivity contribution >= 4 is 23.6 Å². The van der Waals surface area contributed by atoms with Gasteiger partial charge in [-0.3, -0.25) is 4.79 Å². The Labute approximate surface area is 207 Å². The molecule has 0 unspecified atom stereocenters. The quantitative estimate of drug-likeness (QED) is 0.151. The summed E-state index contributed by atoms with van der Waals surface area (Å²) < 4.78 is 16.3. The van der Waals surface area contributed by atoms with Crippen LogP contribution in [0.2, 0.25) is 0 Å². The maximum Gasteiger partial charge on any atom is 0.337 e. The molecule has 0 radical (unpaired) electrons. The fourth-order valence-corrected chi connectivity index (χ4v) is 3.39. The molecule has 2 aromatic rings. The fraction of sp³-hybridized carbons (Fsp3) is 0.393. The predicted molar refractivity (Wildman–Crippen MR) is 136 cm³/mol. The zero-order valence-corrected chi connectivity index (χ0v) is 20.8. The third-order valence-corrected chi connectivity index (χ3v) is 5.26. The van der Waals surface area contributed by atoms with Gasteiger partial charge in [0.25, 0.3) is 5.91 Å². The van der Waals surface area contributed by atoms with Crippen LogP contribution in [0.5, 0.6) is 11.5 Å². The number of anilines is 1. The molecule has 0 aliphatic heterocycles. The third-order valence-electron chi connectivity index (χ3n) is 5.26. The summed E-state index contributed by atoms with van der Waals surface area (Å²) in [4.78, 5) is 24.2. The first kappa shape index (κ1) is 27.5. The number of benzene rings is 2. The molecule has 35 heavy (non-hydrogen) atoms. The van der Waals surface area contributed by atoms with Gasteiger partial charge in [-0.05, 0) is 61.4 Å². The van der Waals surface area contributed by atoms with Crippen molar-refractivity contribution in [1.29, 1.82) is 5.26 Å². The average Bonchev–Trinajstić information content (AvgIpc) is 2.87. The van der Waals surface area contributed by atoms with E-state index in [0.29, 0.717) is 41.5 Å². The monoisotopic (exact) mass is 478 g/mol. The van der Waals surface area contributed by atoms with E-state index in [1.807, 2.05) is 13.0 Å². The molecule has 1 N–H and O–H groups in total. The number of hydrogen-bond donors (Lipinski definition) is 1. The SMILES string of the molecule is CCCCCCCCOc1ccc(/C=C(/C#N)C(=O)Nc2ccc(C(=O)OC)cc2)cc1OCC. The Morgan fingerprint density at radius 1 is 0.943 bits per heavy atom. The molecule has 186 valence electrons. The van der Waals surface area contributed by atoms with Gasteiger partial charge in [-0.1, -0.05) is 45.1 Å². The summed E-state index contributed by atoms with van der Waals surface area (Å²) >= 11 is 0. The van der Waals surface area contributed by atoms with E-state index in [2.05, 4.69) is 17.0 Å². The van der Waals surface area contributed by atoms with Crippen molar-refractivity contribution in [1.82, 2.24) is 0 Å². The van der Waals surface area contributed by atoms with Gasteiger partial charge in [-0.25, -0.2) is 4.79 Å². The van der Waals surface area contributed by atoms with E-state index < -0.39 is 11.9 Å². The van der Waals surface area contributed by atoms with Gasteiger partial charge in [-0.15, -0.1) is 0 Å². The second kappa shape index (κ2) is 15.2. The smallest absolute Gasteiger partial charge is 0.337 e. The standard InChI is InChI=1S/C28H34N2O5/c1-4-6-7-8-9-10-17-35-25-16-11-21(19-26(25)34-5-2)18-23(20-29)27(31)30-24-14-12-22(13-15-24)28(32)33-3/h11-16,18-19H,4-10,17H2,1-3H3,(H,30,31)/b23-18-. The van der Waals surface area contributed by atoms with Crippen LogP contribution in [0.4, 0.5) is 5.69 Å². The van der Waals surface area contributed by atoms with Crippen LogP contribution in [0.1, 0.15) is 68.3 Å². The predicted octanol–water partition coefficient (Wildman–Crippen LogP) is 6.16. The van der Waals surface area contributed by atoms with Crippen LogP contribution < -0.4 is 14.8 Å². The van der Waals surface area contributed by atoms with Gasteiger partial charge in [0.15, 0.2) is 11.5 Å². The first-order valence-corrected chi connectivity index (χ1v) is 12.0. The number of nitriles is 1. The van der Waals surface area contributed by atoms with E-state index in [9.17, 15) is 14.9 Å². The Kier molecular flexibility index (Phi) is 11.9. The first-order valence-electron chi connectivity index (χ1n) is 12.0. The van der Waals surface area contributed by atoms with Crippen molar-refractivity contribution in [2.75, 3.05) is 25.6 Å². The summed E-state index contributed by atoms with van der Waals surface area (Å²) in [6.07, 6.45) is 8.59. The van der Waals surface area contributed by atoms with Gasteiger partial charge < -0.3 is 19.5 Å². The lowest BCUT2D eigenvalue weighted by Gasteiger charge is -2.13. The normalized spacial score (nSPS) is 10.9. The molecule has 0 saturated carbocycles. The maximum absolute atomic E-state index is 12.6. The Bertz CT molecular complexity index is 1040. The minimum Gasteiger partial charge on any atom is -0.490 e. The fourth-order valence-electron chi connectivity index (χ4n) is 3.39. The number of carbonyl (C=O) groups excluding carboxylic acids is 2. The van der Waals surface area contributed by atoms with Crippen molar-refractivity contribution < 1.29 is 23.8 Å². The van der Waals surface area contributed by atoms with Crippen LogP contribution in [0.3, 0.4) is 0 Å². The summed E-state index contributed by atoms with van der Waals surface area (Å²) in [5.74, 6) is 0.194. The lowest BCUT2D eigenvalue weighted by Crippen LogP contribution is -2.13. The number of carbonyl (C=O) groups is 2. The van der Waals surface area contributed by atoms with E-state index in [4.69, 9.17) is 9.47 Å². The van der Waals surface area contributed by atoms with Crippen LogP contribution in [-0.4, -0.2) is 32.2 Å². The van der Waals surface area contributed by atoms with Crippen LogP contribution >= 0.6 is 0 Å². The molecule has 0 aliphatic rings. The number of esters is 1. The summed E-state index contributed by atoms with van der Waals surface area (Å²) in [6, 6.07) is 13.5. The van der Waals surface area contributed by atoms with E-state index in [0.717, 1.165) is 12.8 Å². The number of nitrogens with zero attached hydrogens (tertiary/aromatic N) is 1.